The number of hydrogen-bond donors (Lipinski definition) is 2. The Hall–Kier alpha value is -1.96. The van der Waals surface area contributed by atoms with Crippen molar-refractivity contribution in [1.29, 1.82) is 0 Å². The molecule has 0 aliphatic rings. The van der Waals surface area contributed by atoms with Crippen LogP contribution in [-0.4, -0.2) is 41.5 Å². The largest absolute Gasteiger partial charge is 0.350 e. The van der Waals surface area contributed by atoms with Gasteiger partial charge in [-0.1, -0.05) is 0 Å². The van der Waals surface area contributed by atoms with Gasteiger partial charge < -0.3 is 5.32 Å². The lowest BCUT2D eigenvalue weighted by Crippen LogP contribution is -2.25. The molecule has 0 aliphatic carbocycles. The highest BCUT2D eigenvalue weighted by Gasteiger charge is 2.10. The first-order chi connectivity index (χ1) is 8.96. The second kappa shape index (κ2) is 5.35. The van der Waals surface area contributed by atoms with Crippen LogP contribution >= 0.6 is 0 Å². The Morgan fingerprint density at radius 1 is 1.47 bits per heavy atom. The van der Waals surface area contributed by atoms with Crippen molar-refractivity contribution in [2.45, 2.75) is 13.0 Å². The fraction of sp³-hybridized carbons (Fsp3) is 0.364. The van der Waals surface area contributed by atoms with Crippen LogP contribution in [-0.2, 0) is 21.2 Å². The Labute approximate surface area is 110 Å². The summed E-state index contributed by atoms with van der Waals surface area (Å²) in [6, 6.07) is 3.64. The van der Waals surface area contributed by atoms with Gasteiger partial charge in [-0.2, -0.15) is 5.10 Å². The number of aromatic amines is 1. The van der Waals surface area contributed by atoms with Crippen molar-refractivity contribution in [2.75, 3.05) is 12.0 Å². The van der Waals surface area contributed by atoms with E-state index in [0.29, 0.717) is 5.65 Å². The molecule has 0 saturated carbocycles. The number of amides is 1. The maximum Gasteiger partial charge on any atom is 0.221 e. The molecule has 7 nitrogen and oxygen atoms in total. The zero-order chi connectivity index (χ0) is 13.9. The predicted octanol–water partition coefficient (Wildman–Crippen LogP) is 0.00880. The summed E-state index contributed by atoms with van der Waals surface area (Å²) in [5.41, 5.74) is 1.33. The number of hydrogen-bond acceptors (Lipinski definition) is 5. The molecule has 0 fully saturated rings. The monoisotopic (exact) mass is 282 g/mol. The standard InChI is InChI=1S/C11H14N4O3S/c1-19(17,18)6-4-10(16)13-7-9-8-3-2-5-12-11(8)15-14-9/h2-3,5H,4,6-7H2,1H3,(H,13,16)(H,12,14,15). The predicted molar refractivity (Wildman–Crippen MR) is 70.1 cm³/mol. The van der Waals surface area contributed by atoms with E-state index in [4.69, 9.17) is 0 Å². The van der Waals surface area contributed by atoms with Crippen LogP contribution in [0, 0.1) is 0 Å². The summed E-state index contributed by atoms with van der Waals surface area (Å²) in [5, 5.41) is 10.3. The molecule has 8 heteroatoms. The molecule has 2 N–H and O–H groups in total. The molecule has 0 radical (unpaired) electrons. The number of rotatable bonds is 5. The van der Waals surface area contributed by atoms with Crippen molar-refractivity contribution in [2.24, 2.45) is 0 Å². The summed E-state index contributed by atoms with van der Waals surface area (Å²) in [4.78, 5) is 15.6. The van der Waals surface area contributed by atoms with E-state index in [1.165, 1.54) is 0 Å². The van der Waals surface area contributed by atoms with Crippen molar-refractivity contribution in [3.8, 4) is 0 Å². The normalized spacial score (nSPS) is 11.6. The van der Waals surface area contributed by atoms with E-state index in [0.717, 1.165) is 17.3 Å². The number of fused-ring (bicyclic) bond motifs is 1. The lowest BCUT2D eigenvalue weighted by molar-refractivity contribution is -0.120. The molecule has 0 spiro atoms. The third-order valence-electron chi connectivity index (χ3n) is 2.57. The van der Waals surface area contributed by atoms with Crippen molar-refractivity contribution in [3.63, 3.8) is 0 Å². The highest BCUT2D eigenvalue weighted by atomic mass is 32.2. The maximum absolute atomic E-state index is 11.5. The van der Waals surface area contributed by atoms with E-state index in [-0.39, 0.29) is 24.6 Å². The van der Waals surface area contributed by atoms with Crippen LogP contribution in [0.1, 0.15) is 12.1 Å². The minimum Gasteiger partial charge on any atom is -0.350 e. The molecule has 2 aromatic rings. The van der Waals surface area contributed by atoms with E-state index in [9.17, 15) is 13.2 Å². The molecular formula is C11H14N4O3S. The topological polar surface area (TPSA) is 105 Å². The van der Waals surface area contributed by atoms with Crippen LogP contribution in [0.4, 0.5) is 0 Å². The van der Waals surface area contributed by atoms with Crippen LogP contribution in [0.2, 0.25) is 0 Å². The Kier molecular flexibility index (Phi) is 3.79. The first kappa shape index (κ1) is 13.5. The van der Waals surface area contributed by atoms with Crippen molar-refractivity contribution in [3.05, 3.63) is 24.0 Å². The van der Waals surface area contributed by atoms with Crippen LogP contribution in [0.5, 0.6) is 0 Å². The molecule has 2 rings (SSSR count). The van der Waals surface area contributed by atoms with E-state index < -0.39 is 9.84 Å². The van der Waals surface area contributed by atoms with Crippen molar-refractivity contribution < 1.29 is 13.2 Å². The lowest BCUT2D eigenvalue weighted by atomic mass is 10.2. The van der Waals surface area contributed by atoms with Crippen LogP contribution in [0.15, 0.2) is 18.3 Å². The molecule has 2 aromatic heterocycles. The number of pyridine rings is 1. The van der Waals surface area contributed by atoms with E-state index >= 15 is 0 Å². The number of sulfone groups is 1. The average Bonchev–Trinajstić information content (AvgIpc) is 2.76. The molecule has 0 bridgehead atoms. The molecule has 1 amide bonds. The van der Waals surface area contributed by atoms with Gasteiger partial charge in [0.05, 0.1) is 18.0 Å². The number of nitrogens with one attached hydrogen (secondary N) is 2. The van der Waals surface area contributed by atoms with Gasteiger partial charge in [0.25, 0.3) is 0 Å². The first-order valence-corrected chi connectivity index (χ1v) is 7.74. The van der Waals surface area contributed by atoms with Gasteiger partial charge >= 0.3 is 0 Å². The number of nitrogens with zero attached hydrogens (tertiary/aromatic N) is 2. The van der Waals surface area contributed by atoms with Gasteiger partial charge in [0.2, 0.25) is 5.91 Å². The number of carbonyl (C=O) groups is 1. The summed E-state index contributed by atoms with van der Waals surface area (Å²) in [5.74, 6) is -0.457. The van der Waals surface area contributed by atoms with Gasteiger partial charge in [-0.3, -0.25) is 9.89 Å². The fourth-order valence-electron chi connectivity index (χ4n) is 1.59. The Bertz CT molecular complexity index is 693. The summed E-state index contributed by atoms with van der Waals surface area (Å²) < 4.78 is 21.9. The van der Waals surface area contributed by atoms with Crippen LogP contribution in [0.25, 0.3) is 11.0 Å². The minimum atomic E-state index is -3.12. The smallest absolute Gasteiger partial charge is 0.221 e. The third-order valence-corrected chi connectivity index (χ3v) is 3.52. The second-order valence-corrected chi connectivity index (χ2v) is 6.49. The van der Waals surface area contributed by atoms with Crippen LogP contribution < -0.4 is 5.32 Å². The Morgan fingerprint density at radius 3 is 3.00 bits per heavy atom. The second-order valence-electron chi connectivity index (χ2n) is 4.23. The van der Waals surface area contributed by atoms with Gasteiger partial charge in [-0.05, 0) is 12.1 Å². The van der Waals surface area contributed by atoms with Gasteiger partial charge in [0.15, 0.2) is 5.65 Å². The Morgan fingerprint density at radius 2 is 2.26 bits per heavy atom. The molecular weight excluding hydrogens is 268 g/mol. The lowest BCUT2D eigenvalue weighted by Gasteiger charge is -2.03. The van der Waals surface area contributed by atoms with Gasteiger partial charge in [0.1, 0.15) is 9.84 Å². The maximum atomic E-state index is 11.5. The van der Waals surface area contributed by atoms with Crippen molar-refractivity contribution in [1.82, 2.24) is 20.5 Å². The van der Waals surface area contributed by atoms with Crippen molar-refractivity contribution >= 4 is 26.8 Å². The van der Waals surface area contributed by atoms with Gasteiger partial charge in [-0.25, -0.2) is 13.4 Å². The molecule has 102 valence electrons. The fourth-order valence-corrected chi connectivity index (χ4v) is 2.15. The number of aromatic nitrogens is 3. The van der Waals surface area contributed by atoms with E-state index in [2.05, 4.69) is 20.5 Å². The zero-order valence-electron chi connectivity index (χ0n) is 10.4. The number of carbonyl (C=O) groups excluding carboxylic acids is 1. The average molecular weight is 282 g/mol. The van der Waals surface area contributed by atoms with E-state index in [1.54, 1.807) is 12.3 Å². The first-order valence-electron chi connectivity index (χ1n) is 5.68. The van der Waals surface area contributed by atoms with E-state index in [1.807, 2.05) is 6.07 Å². The quantitative estimate of drug-likeness (QED) is 0.803. The molecule has 0 saturated heterocycles. The summed E-state index contributed by atoms with van der Waals surface area (Å²) in [7, 11) is -3.12. The SMILES string of the molecule is CS(=O)(=O)CCC(=O)NCc1[nH]nc2ncccc12. The number of H-pyrrole nitrogens is 1. The zero-order valence-corrected chi connectivity index (χ0v) is 11.2. The summed E-state index contributed by atoms with van der Waals surface area (Å²) in [6.07, 6.45) is 2.70. The molecule has 0 atom stereocenters. The Balaban J connectivity index is 1.94. The van der Waals surface area contributed by atoms with Gasteiger partial charge in [0, 0.05) is 24.3 Å². The molecule has 2 heterocycles. The molecule has 0 aliphatic heterocycles. The van der Waals surface area contributed by atoms with Crippen LogP contribution in [0.3, 0.4) is 0 Å². The molecule has 0 unspecified atom stereocenters. The third kappa shape index (κ3) is 3.75. The van der Waals surface area contributed by atoms with Gasteiger partial charge in [-0.15, -0.1) is 0 Å². The summed E-state index contributed by atoms with van der Waals surface area (Å²) >= 11 is 0. The summed E-state index contributed by atoms with van der Waals surface area (Å²) in [6.45, 7) is 0.269. The molecule has 19 heavy (non-hydrogen) atoms. The molecule has 0 aromatic carbocycles. The highest BCUT2D eigenvalue weighted by molar-refractivity contribution is 7.90. The highest BCUT2D eigenvalue weighted by Crippen LogP contribution is 2.12. The minimum absolute atomic E-state index is 0.0385.